The molecule has 0 heterocycles. The lowest BCUT2D eigenvalue weighted by atomic mass is 10.3. The Morgan fingerprint density at radius 1 is 1.35 bits per heavy atom. The Kier molecular flexibility index (Phi) is 26.4. The van der Waals surface area contributed by atoms with Crippen molar-refractivity contribution in [2.24, 2.45) is 0 Å². The maximum atomic E-state index is 10.0. The van der Waals surface area contributed by atoms with Gasteiger partial charge in [0.2, 0.25) is 0 Å². The summed E-state index contributed by atoms with van der Waals surface area (Å²) in [5.41, 5.74) is 0. The molecule has 0 amide bonds. The van der Waals surface area contributed by atoms with E-state index >= 15 is 0 Å². The van der Waals surface area contributed by atoms with Gasteiger partial charge in [0.05, 0.1) is 11.1 Å². The Hall–Kier alpha value is -0.610. The number of ether oxygens (including phenoxy) is 1. The number of rotatable bonds is 6. The minimum absolute atomic E-state index is 0.434. The van der Waals surface area contributed by atoms with E-state index in [-0.39, 0.29) is 0 Å². The largest absolute Gasteiger partial charge is 0.492 e. The van der Waals surface area contributed by atoms with Gasteiger partial charge in [0, 0.05) is 13.5 Å². The number of allylic oxidation sites excluding steroid dienone is 3. The molecular formula is C13H25BrO3. The molecule has 1 N–H and O–H groups in total. The molecule has 0 bridgehead atoms. The number of aldehydes is 1. The van der Waals surface area contributed by atoms with Crippen LogP contribution in [-0.4, -0.2) is 25.1 Å². The molecule has 0 radical (unpaired) electrons. The molecule has 0 aromatic heterocycles. The lowest BCUT2D eigenvalue weighted by Crippen LogP contribution is -1.95. The summed E-state index contributed by atoms with van der Waals surface area (Å²) < 4.78 is 6.31. The van der Waals surface area contributed by atoms with E-state index in [1.54, 1.807) is 0 Å². The van der Waals surface area contributed by atoms with Gasteiger partial charge in [-0.2, -0.15) is 0 Å². The first kappa shape index (κ1) is 21.7. The smallest absolute Gasteiger partial charge is 0.128 e. The number of carbonyl (C=O) groups is 1. The maximum absolute atomic E-state index is 10.0. The highest BCUT2D eigenvalue weighted by atomic mass is 79.9. The molecule has 0 spiro atoms. The van der Waals surface area contributed by atoms with Gasteiger partial charge < -0.3 is 14.6 Å². The minimum atomic E-state index is 0.434. The highest BCUT2D eigenvalue weighted by molar-refractivity contribution is 9.11. The Bertz CT molecular complexity index is 211. The van der Waals surface area contributed by atoms with E-state index in [0.29, 0.717) is 13.0 Å². The van der Waals surface area contributed by atoms with Crippen molar-refractivity contribution in [2.45, 2.75) is 40.5 Å². The second kappa shape index (κ2) is 20.8. The summed E-state index contributed by atoms with van der Waals surface area (Å²) in [4.78, 5) is 10.0. The lowest BCUT2D eigenvalue weighted by molar-refractivity contribution is -0.108. The van der Waals surface area contributed by atoms with Crippen LogP contribution in [0.4, 0.5) is 0 Å². The van der Waals surface area contributed by atoms with Crippen LogP contribution < -0.4 is 0 Å². The van der Waals surface area contributed by atoms with Crippen molar-refractivity contribution in [3.05, 3.63) is 22.4 Å². The Morgan fingerprint density at radius 2 is 1.88 bits per heavy atom. The normalized spacial score (nSPS) is 10.5. The molecule has 0 aromatic rings. The van der Waals surface area contributed by atoms with Crippen LogP contribution in [0.1, 0.15) is 40.5 Å². The summed E-state index contributed by atoms with van der Waals surface area (Å²) in [6.07, 6.45) is 6.14. The summed E-state index contributed by atoms with van der Waals surface area (Å²) in [5.74, 6) is 0.795. The first-order valence-corrected chi connectivity index (χ1v) is 6.59. The van der Waals surface area contributed by atoms with Gasteiger partial charge in [-0.05, 0) is 35.4 Å². The summed E-state index contributed by atoms with van der Waals surface area (Å²) in [6.45, 7) is 8.40. The maximum Gasteiger partial charge on any atom is 0.128 e. The van der Waals surface area contributed by atoms with Crippen LogP contribution in [0.5, 0.6) is 0 Å². The zero-order valence-corrected chi connectivity index (χ0v) is 13.1. The molecule has 0 aliphatic heterocycles. The molecule has 0 aliphatic rings. The minimum Gasteiger partial charge on any atom is -0.492 e. The van der Waals surface area contributed by atoms with Crippen molar-refractivity contribution in [2.75, 3.05) is 13.7 Å². The van der Waals surface area contributed by atoms with Crippen molar-refractivity contribution in [1.82, 2.24) is 0 Å². The molecule has 17 heavy (non-hydrogen) atoms. The molecule has 0 atom stereocenters. The van der Waals surface area contributed by atoms with E-state index in [4.69, 9.17) is 9.84 Å². The number of hydrogen-bond acceptors (Lipinski definition) is 3. The second-order valence-electron chi connectivity index (χ2n) is 2.42. The third-order valence-corrected chi connectivity index (χ3v) is 2.09. The van der Waals surface area contributed by atoms with Gasteiger partial charge in [-0.15, -0.1) is 0 Å². The Balaban J connectivity index is -0.000000439. The molecule has 0 fully saturated rings. The van der Waals surface area contributed by atoms with Crippen LogP contribution in [-0.2, 0) is 9.53 Å². The molecular weight excluding hydrogens is 284 g/mol. The predicted octanol–water partition coefficient (Wildman–Crippen LogP) is 3.82. The molecule has 0 saturated heterocycles. The fourth-order valence-electron chi connectivity index (χ4n) is 0.787. The van der Waals surface area contributed by atoms with Gasteiger partial charge in [0.15, 0.2) is 0 Å². The van der Waals surface area contributed by atoms with Crippen molar-refractivity contribution in [3.8, 4) is 0 Å². The van der Waals surface area contributed by atoms with Crippen molar-refractivity contribution in [1.29, 1.82) is 0 Å². The zero-order valence-electron chi connectivity index (χ0n) is 11.5. The highest BCUT2D eigenvalue weighted by Gasteiger charge is 2.00. The van der Waals surface area contributed by atoms with Crippen LogP contribution >= 0.6 is 15.9 Å². The number of aliphatic hydroxyl groups excluding tert-OH is 1. The number of carbonyl (C=O) groups excluding carboxylic acids is 1. The number of halogens is 1. The number of hydrogen-bond donors (Lipinski definition) is 1. The standard InChI is InChI=1S/C10H15BrO2.C2H6.CH4O/c1-3-6-9(11)10(4-2)13-8-5-7-12;2*1-2/h4,6-7H,3,5,8H2,1-2H3;1-2H3;2H,1H3/b9-6+,10-4+;;. The molecule has 0 rings (SSSR count). The van der Waals surface area contributed by atoms with E-state index in [0.717, 1.165) is 30.1 Å². The molecule has 102 valence electrons. The van der Waals surface area contributed by atoms with Crippen LogP contribution in [0.15, 0.2) is 22.4 Å². The van der Waals surface area contributed by atoms with Gasteiger partial charge in [0.1, 0.15) is 12.0 Å². The van der Waals surface area contributed by atoms with Crippen molar-refractivity contribution >= 4 is 22.2 Å². The van der Waals surface area contributed by atoms with E-state index in [1.165, 1.54) is 0 Å². The molecule has 0 aromatic carbocycles. The SMILES string of the molecule is C/C=C(OCCC=O)\C(Br)=C/CC.CC.CO. The number of aliphatic hydroxyl groups is 1. The quantitative estimate of drug-likeness (QED) is 0.351. The first-order chi connectivity index (χ1) is 8.26. The fourth-order valence-corrected chi connectivity index (χ4v) is 1.45. The van der Waals surface area contributed by atoms with E-state index in [2.05, 4.69) is 22.9 Å². The second-order valence-corrected chi connectivity index (χ2v) is 3.27. The predicted molar refractivity (Wildman–Crippen MR) is 77.2 cm³/mol. The molecule has 0 unspecified atom stereocenters. The average Bonchev–Trinajstić information content (AvgIpc) is 2.40. The van der Waals surface area contributed by atoms with Gasteiger partial charge in [0.25, 0.3) is 0 Å². The third kappa shape index (κ3) is 15.4. The van der Waals surface area contributed by atoms with E-state index in [9.17, 15) is 4.79 Å². The van der Waals surface area contributed by atoms with E-state index in [1.807, 2.05) is 32.9 Å². The first-order valence-electron chi connectivity index (χ1n) is 5.79. The van der Waals surface area contributed by atoms with Gasteiger partial charge in [-0.25, -0.2) is 0 Å². The molecule has 3 nitrogen and oxygen atoms in total. The average molecular weight is 309 g/mol. The van der Waals surface area contributed by atoms with Crippen molar-refractivity contribution in [3.63, 3.8) is 0 Å². The summed E-state index contributed by atoms with van der Waals surface area (Å²) in [6, 6.07) is 0. The highest BCUT2D eigenvalue weighted by Crippen LogP contribution is 2.18. The lowest BCUT2D eigenvalue weighted by Gasteiger charge is -2.07. The summed E-state index contributed by atoms with van der Waals surface area (Å²) >= 11 is 3.40. The zero-order chi connectivity index (χ0) is 14.1. The van der Waals surface area contributed by atoms with Crippen LogP contribution in [0.2, 0.25) is 0 Å². The van der Waals surface area contributed by atoms with Crippen LogP contribution in [0, 0.1) is 0 Å². The summed E-state index contributed by atoms with van der Waals surface area (Å²) in [5, 5.41) is 7.00. The van der Waals surface area contributed by atoms with Crippen LogP contribution in [0.25, 0.3) is 0 Å². The molecule has 0 aliphatic carbocycles. The van der Waals surface area contributed by atoms with Crippen molar-refractivity contribution < 1.29 is 14.6 Å². The fraction of sp³-hybridized carbons (Fsp3) is 0.615. The van der Waals surface area contributed by atoms with Crippen LogP contribution in [0.3, 0.4) is 0 Å². The third-order valence-electron chi connectivity index (χ3n) is 1.37. The van der Waals surface area contributed by atoms with Gasteiger partial charge in [-0.1, -0.05) is 26.8 Å². The van der Waals surface area contributed by atoms with Gasteiger partial charge >= 0.3 is 0 Å². The molecule has 0 saturated carbocycles. The monoisotopic (exact) mass is 308 g/mol. The Morgan fingerprint density at radius 3 is 2.24 bits per heavy atom. The van der Waals surface area contributed by atoms with E-state index < -0.39 is 0 Å². The van der Waals surface area contributed by atoms with Gasteiger partial charge in [-0.3, -0.25) is 0 Å². The Labute approximate surface area is 114 Å². The summed E-state index contributed by atoms with van der Waals surface area (Å²) in [7, 11) is 1.00. The molecule has 4 heteroatoms. The topological polar surface area (TPSA) is 46.5 Å².